The summed E-state index contributed by atoms with van der Waals surface area (Å²) in [5, 5.41) is 8.51. The molecule has 2 rings (SSSR count). The first-order valence-corrected chi connectivity index (χ1v) is 6.85. The van der Waals surface area contributed by atoms with Gasteiger partial charge in [-0.3, -0.25) is 9.69 Å². The molecule has 0 bridgehead atoms. The molecule has 0 aliphatic carbocycles. The van der Waals surface area contributed by atoms with E-state index in [1.807, 2.05) is 12.1 Å². The largest absolute Gasteiger partial charge is 0.383 e. The van der Waals surface area contributed by atoms with Crippen LogP contribution in [0.25, 0.3) is 0 Å². The number of urea groups is 1. The highest BCUT2D eigenvalue weighted by Crippen LogP contribution is 2.20. The number of rotatable bonds is 7. The first-order chi connectivity index (χ1) is 10.2. The molecule has 3 amide bonds. The maximum absolute atomic E-state index is 11.8. The molecule has 0 atom stereocenters. The van der Waals surface area contributed by atoms with Crippen LogP contribution in [0.5, 0.6) is 0 Å². The van der Waals surface area contributed by atoms with Crippen molar-refractivity contribution in [3.63, 3.8) is 0 Å². The molecule has 3 N–H and O–H groups in total. The summed E-state index contributed by atoms with van der Waals surface area (Å²) in [4.78, 5) is 25.0. The molecule has 0 radical (unpaired) electrons. The van der Waals surface area contributed by atoms with Crippen molar-refractivity contribution in [1.29, 1.82) is 0 Å². The standard InChI is InChI=1S/C14H20N4O3.ClH/c1-21-8-6-15-10-13(19)17-11-3-2-4-12(9-11)18-7-5-16-14(18)20;/h2-4,9,15H,5-8,10H2,1H3,(H,16,20)(H,17,19);1H. The van der Waals surface area contributed by atoms with E-state index in [0.717, 1.165) is 5.69 Å². The number of carbonyl (C=O) groups excluding carboxylic acids is 2. The Morgan fingerprint density at radius 1 is 1.45 bits per heavy atom. The highest BCUT2D eigenvalue weighted by Gasteiger charge is 2.21. The Bertz CT molecular complexity index is 513. The second-order valence-electron chi connectivity index (χ2n) is 4.65. The molecule has 8 heteroatoms. The number of ether oxygens (including phenoxy) is 1. The van der Waals surface area contributed by atoms with E-state index in [1.165, 1.54) is 0 Å². The number of methoxy groups -OCH3 is 1. The van der Waals surface area contributed by atoms with Gasteiger partial charge in [-0.25, -0.2) is 4.79 Å². The quantitative estimate of drug-likeness (QED) is 0.647. The summed E-state index contributed by atoms with van der Waals surface area (Å²) in [6, 6.07) is 7.13. The van der Waals surface area contributed by atoms with Crippen molar-refractivity contribution < 1.29 is 14.3 Å². The van der Waals surface area contributed by atoms with Gasteiger partial charge in [0.15, 0.2) is 0 Å². The maximum atomic E-state index is 11.8. The molecule has 0 aromatic heterocycles. The molecule has 1 saturated heterocycles. The Kier molecular flexibility index (Phi) is 7.65. The molecule has 22 heavy (non-hydrogen) atoms. The van der Waals surface area contributed by atoms with Crippen molar-refractivity contribution in [2.75, 3.05) is 50.1 Å². The van der Waals surface area contributed by atoms with E-state index in [9.17, 15) is 9.59 Å². The molecule has 0 saturated carbocycles. The number of halogens is 1. The molecular weight excluding hydrogens is 308 g/mol. The fourth-order valence-corrected chi connectivity index (χ4v) is 2.05. The van der Waals surface area contributed by atoms with Gasteiger partial charge in [0.05, 0.1) is 13.2 Å². The van der Waals surface area contributed by atoms with E-state index >= 15 is 0 Å². The van der Waals surface area contributed by atoms with E-state index in [2.05, 4.69) is 16.0 Å². The highest BCUT2D eigenvalue weighted by molar-refractivity contribution is 5.96. The van der Waals surface area contributed by atoms with Crippen LogP contribution in [0.4, 0.5) is 16.2 Å². The van der Waals surface area contributed by atoms with Crippen molar-refractivity contribution in [1.82, 2.24) is 10.6 Å². The summed E-state index contributed by atoms with van der Waals surface area (Å²) in [5.74, 6) is -0.130. The van der Waals surface area contributed by atoms with Crippen LogP contribution in [0.2, 0.25) is 0 Å². The number of amides is 3. The van der Waals surface area contributed by atoms with Gasteiger partial charge in [-0.2, -0.15) is 0 Å². The minimum absolute atomic E-state index is 0. The lowest BCUT2D eigenvalue weighted by atomic mass is 10.2. The Hall–Kier alpha value is -1.83. The molecule has 1 fully saturated rings. The third-order valence-corrected chi connectivity index (χ3v) is 3.07. The molecule has 1 aliphatic rings. The third-order valence-electron chi connectivity index (χ3n) is 3.07. The summed E-state index contributed by atoms with van der Waals surface area (Å²) < 4.78 is 4.89. The van der Waals surface area contributed by atoms with Crippen LogP contribution < -0.4 is 20.9 Å². The first kappa shape index (κ1) is 18.2. The van der Waals surface area contributed by atoms with Gasteiger partial charge in [0.25, 0.3) is 0 Å². The summed E-state index contributed by atoms with van der Waals surface area (Å²) in [7, 11) is 1.61. The zero-order valence-corrected chi connectivity index (χ0v) is 13.2. The SMILES string of the molecule is COCCNCC(=O)Nc1cccc(N2CCNC2=O)c1.Cl. The first-order valence-electron chi connectivity index (χ1n) is 6.85. The predicted octanol–water partition coefficient (Wildman–Crippen LogP) is 0.812. The number of nitrogens with zero attached hydrogens (tertiary/aromatic N) is 1. The van der Waals surface area contributed by atoms with Crippen LogP contribution >= 0.6 is 12.4 Å². The molecule has 0 unspecified atom stereocenters. The lowest BCUT2D eigenvalue weighted by Crippen LogP contribution is -2.30. The minimum Gasteiger partial charge on any atom is -0.383 e. The number of anilines is 2. The van der Waals surface area contributed by atoms with E-state index in [4.69, 9.17) is 4.74 Å². The topological polar surface area (TPSA) is 82.7 Å². The second kappa shape index (κ2) is 9.24. The maximum Gasteiger partial charge on any atom is 0.321 e. The molecule has 1 aromatic carbocycles. The van der Waals surface area contributed by atoms with Gasteiger partial charge >= 0.3 is 6.03 Å². The van der Waals surface area contributed by atoms with Gasteiger partial charge in [-0.05, 0) is 18.2 Å². The van der Waals surface area contributed by atoms with E-state index in [0.29, 0.717) is 31.9 Å². The summed E-state index contributed by atoms with van der Waals surface area (Å²) >= 11 is 0. The monoisotopic (exact) mass is 328 g/mol. The molecule has 1 aliphatic heterocycles. The van der Waals surface area contributed by atoms with Gasteiger partial charge in [-0.15, -0.1) is 12.4 Å². The fourth-order valence-electron chi connectivity index (χ4n) is 2.05. The van der Waals surface area contributed by atoms with Crippen LogP contribution in [-0.2, 0) is 9.53 Å². The normalized spacial score (nSPS) is 13.5. The molecule has 7 nitrogen and oxygen atoms in total. The number of hydrogen-bond acceptors (Lipinski definition) is 4. The van der Waals surface area contributed by atoms with Gasteiger partial charge in [0.2, 0.25) is 5.91 Å². The van der Waals surface area contributed by atoms with Crippen molar-refractivity contribution in [2.24, 2.45) is 0 Å². The number of hydrogen-bond donors (Lipinski definition) is 3. The summed E-state index contributed by atoms with van der Waals surface area (Å²) in [6.07, 6.45) is 0. The Morgan fingerprint density at radius 3 is 2.95 bits per heavy atom. The average molecular weight is 329 g/mol. The third kappa shape index (κ3) is 5.18. The van der Waals surface area contributed by atoms with Crippen LogP contribution in [-0.4, -0.2) is 51.8 Å². The van der Waals surface area contributed by atoms with Crippen LogP contribution in [0.15, 0.2) is 24.3 Å². The number of carbonyl (C=O) groups is 2. The summed E-state index contributed by atoms with van der Waals surface area (Å²) in [5.41, 5.74) is 1.45. The lowest BCUT2D eigenvalue weighted by molar-refractivity contribution is -0.115. The minimum atomic E-state index is -0.130. The number of benzene rings is 1. The van der Waals surface area contributed by atoms with Gasteiger partial charge < -0.3 is 20.7 Å². The molecule has 1 aromatic rings. The Morgan fingerprint density at radius 2 is 2.27 bits per heavy atom. The molecular formula is C14H21ClN4O3. The Labute approximate surface area is 135 Å². The van der Waals surface area contributed by atoms with Gasteiger partial charge in [0.1, 0.15) is 0 Å². The van der Waals surface area contributed by atoms with Crippen molar-refractivity contribution in [2.45, 2.75) is 0 Å². The van der Waals surface area contributed by atoms with E-state index in [1.54, 1.807) is 24.1 Å². The molecule has 122 valence electrons. The van der Waals surface area contributed by atoms with Crippen LogP contribution in [0, 0.1) is 0 Å². The zero-order chi connectivity index (χ0) is 15.1. The zero-order valence-electron chi connectivity index (χ0n) is 12.4. The smallest absolute Gasteiger partial charge is 0.321 e. The molecule has 0 spiro atoms. The Balaban J connectivity index is 0.00000242. The van der Waals surface area contributed by atoms with Crippen molar-refractivity contribution in [3.8, 4) is 0 Å². The number of nitrogens with one attached hydrogen (secondary N) is 3. The predicted molar refractivity (Wildman–Crippen MR) is 87.8 cm³/mol. The highest BCUT2D eigenvalue weighted by atomic mass is 35.5. The average Bonchev–Trinajstić information content (AvgIpc) is 2.90. The summed E-state index contributed by atoms with van der Waals surface area (Å²) in [6.45, 7) is 2.68. The van der Waals surface area contributed by atoms with Crippen LogP contribution in [0.3, 0.4) is 0 Å². The van der Waals surface area contributed by atoms with Crippen molar-refractivity contribution in [3.05, 3.63) is 24.3 Å². The second-order valence-corrected chi connectivity index (χ2v) is 4.65. The molecule has 1 heterocycles. The van der Waals surface area contributed by atoms with Crippen LogP contribution in [0.1, 0.15) is 0 Å². The van der Waals surface area contributed by atoms with Gasteiger partial charge in [-0.1, -0.05) is 6.07 Å². The van der Waals surface area contributed by atoms with E-state index < -0.39 is 0 Å². The fraction of sp³-hybridized carbons (Fsp3) is 0.429. The van der Waals surface area contributed by atoms with E-state index in [-0.39, 0.29) is 30.9 Å². The van der Waals surface area contributed by atoms with Crippen molar-refractivity contribution >= 4 is 35.7 Å². The van der Waals surface area contributed by atoms with Gasteiger partial charge in [0, 0.05) is 38.1 Å². The lowest BCUT2D eigenvalue weighted by Gasteiger charge is -2.15.